The molecule has 0 fully saturated rings. The maximum atomic E-state index is 4.50. The average molecular weight is 256 g/mol. The number of aromatic nitrogens is 2. The third-order valence-corrected chi connectivity index (χ3v) is 2.72. The van der Waals surface area contributed by atoms with Gasteiger partial charge < -0.3 is 10.6 Å². The molecule has 0 atom stereocenters. The summed E-state index contributed by atoms with van der Waals surface area (Å²) in [4.78, 5) is 8.79. The zero-order valence-corrected chi connectivity index (χ0v) is 11.3. The number of hydrogen-bond donors (Lipinski definition) is 2. The molecule has 4 nitrogen and oxygen atoms in total. The number of anilines is 2. The molecule has 2 rings (SSSR count). The van der Waals surface area contributed by atoms with Crippen molar-refractivity contribution in [1.29, 1.82) is 0 Å². The van der Waals surface area contributed by atoms with Gasteiger partial charge in [0.2, 0.25) is 0 Å². The standard InChI is InChI=1S/C15H20N4/c1-2-10-17-14-7-5-8-15(19-14)18-12-9-13-6-3-4-11-16-13/h3-8,11H,2,9-10,12H2,1H3,(H2,17,18,19). The van der Waals surface area contributed by atoms with E-state index in [2.05, 4.69) is 27.5 Å². The highest BCUT2D eigenvalue weighted by atomic mass is 15.1. The highest BCUT2D eigenvalue weighted by Gasteiger charge is 1.97. The molecule has 0 aliphatic rings. The third kappa shape index (κ3) is 4.58. The van der Waals surface area contributed by atoms with Crippen LogP contribution < -0.4 is 10.6 Å². The third-order valence-electron chi connectivity index (χ3n) is 2.72. The summed E-state index contributed by atoms with van der Waals surface area (Å²) < 4.78 is 0. The van der Waals surface area contributed by atoms with Gasteiger partial charge in [0.25, 0.3) is 0 Å². The van der Waals surface area contributed by atoms with Gasteiger partial charge >= 0.3 is 0 Å². The lowest BCUT2D eigenvalue weighted by atomic mass is 10.3. The molecule has 0 aliphatic heterocycles. The van der Waals surface area contributed by atoms with Crippen molar-refractivity contribution in [3.63, 3.8) is 0 Å². The van der Waals surface area contributed by atoms with Gasteiger partial charge in [0.05, 0.1) is 0 Å². The summed E-state index contributed by atoms with van der Waals surface area (Å²) in [5.74, 6) is 1.82. The van der Waals surface area contributed by atoms with E-state index < -0.39 is 0 Å². The van der Waals surface area contributed by atoms with Crippen molar-refractivity contribution in [3.8, 4) is 0 Å². The van der Waals surface area contributed by atoms with Crippen LogP contribution >= 0.6 is 0 Å². The number of rotatable bonds is 7. The fourth-order valence-corrected chi connectivity index (χ4v) is 1.75. The van der Waals surface area contributed by atoms with Gasteiger partial charge in [-0.2, -0.15) is 0 Å². The van der Waals surface area contributed by atoms with Gasteiger partial charge in [0.15, 0.2) is 0 Å². The first-order valence-corrected chi connectivity index (χ1v) is 6.73. The highest BCUT2D eigenvalue weighted by Crippen LogP contribution is 2.09. The number of pyridine rings is 2. The number of hydrogen-bond acceptors (Lipinski definition) is 4. The van der Waals surface area contributed by atoms with Crippen LogP contribution in [-0.2, 0) is 6.42 Å². The monoisotopic (exact) mass is 256 g/mol. The Morgan fingerprint density at radius 1 is 0.947 bits per heavy atom. The minimum atomic E-state index is 0.835. The number of nitrogens with one attached hydrogen (secondary N) is 2. The van der Waals surface area contributed by atoms with Crippen molar-refractivity contribution < 1.29 is 0 Å². The van der Waals surface area contributed by atoms with Crippen LogP contribution in [0.5, 0.6) is 0 Å². The average Bonchev–Trinajstić information content (AvgIpc) is 2.47. The molecule has 0 unspecified atom stereocenters. The Balaban J connectivity index is 1.82. The van der Waals surface area contributed by atoms with Gasteiger partial charge in [-0.3, -0.25) is 4.98 Å². The molecule has 2 aromatic heterocycles. The van der Waals surface area contributed by atoms with Gasteiger partial charge in [-0.1, -0.05) is 19.1 Å². The Labute approximate surface area is 114 Å². The summed E-state index contributed by atoms with van der Waals surface area (Å²) in [6.45, 7) is 3.92. The van der Waals surface area contributed by atoms with Crippen LogP contribution in [0.15, 0.2) is 42.6 Å². The van der Waals surface area contributed by atoms with E-state index >= 15 is 0 Å². The minimum absolute atomic E-state index is 0.835. The second-order valence-electron chi connectivity index (χ2n) is 4.33. The Kier molecular flexibility index (Phi) is 5.17. The molecule has 0 saturated heterocycles. The molecule has 0 radical (unpaired) electrons. The van der Waals surface area contributed by atoms with E-state index in [1.54, 1.807) is 0 Å². The molecule has 2 N–H and O–H groups in total. The molecule has 19 heavy (non-hydrogen) atoms. The van der Waals surface area contributed by atoms with E-state index in [9.17, 15) is 0 Å². The normalized spacial score (nSPS) is 10.2. The first-order valence-electron chi connectivity index (χ1n) is 6.73. The summed E-state index contributed by atoms with van der Waals surface area (Å²) in [7, 11) is 0. The van der Waals surface area contributed by atoms with Gasteiger partial charge in [0.1, 0.15) is 11.6 Å². The molecule has 0 saturated carbocycles. The van der Waals surface area contributed by atoms with Crippen LogP contribution in [-0.4, -0.2) is 23.1 Å². The van der Waals surface area contributed by atoms with Gasteiger partial charge in [0, 0.05) is 31.4 Å². The second kappa shape index (κ2) is 7.36. The molecular formula is C15H20N4. The van der Waals surface area contributed by atoms with Crippen LogP contribution in [0.3, 0.4) is 0 Å². The van der Waals surface area contributed by atoms with Crippen molar-refractivity contribution >= 4 is 11.6 Å². The molecule has 2 aromatic rings. The lowest BCUT2D eigenvalue weighted by Crippen LogP contribution is -2.08. The molecule has 0 amide bonds. The predicted octanol–water partition coefficient (Wildman–Crippen LogP) is 2.95. The summed E-state index contributed by atoms with van der Waals surface area (Å²) >= 11 is 0. The Bertz CT molecular complexity index is 485. The minimum Gasteiger partial charge on any atom is -0.370 e. The van der Waals surface area contributed by atoms with E-state index in [1.165, 1.54) is 0 Å². The smallest absolute Gasteiger partial charge is 0.128 e. The fraction of sp³-hybridized carbons (Fsp3) is 0.333. The van der Waals surface area contributed by atoms with E-state index in [0.29, 0.717) is 0 Å². The van der Waals surface area contributed by atoms with Crippen LogP contribution in [0.2, 0.25) is 0 Å². The Hall–Kier alpha value is -2.10. The topological polar surface area (TPSA) is 49.8 Å². The Morgan fingerprint density at radius 2 is 1.74 bits per heavy atom. The molecule has 2 heterocycles. The van der Waals surface area contributed by atoms with Crippen LogP contribution in [0.1, 0.15) is 19.0 Å². The molecule has 0 aromatic carbocycles. The SMILES string of the molecule is CCCNc1cccc(NCCc2ccccn2)n1. The molecule has 0 aliphatic carbocycles. The lowest BCUT2D eigenvalue weighted by Gasteiger charge is -2.08. The summed E-state index contributed by atoms with van der Waals surface area (Å²) in [5, 5.41) is 6.60. The zero-order valence-electron chi connectivity index (χ0n) is 11.3. The summed E-state index contributed by atoms with van der Waals surface area (Å²) in [6.07, 6.45) is 3.82. The van der Waals surface area contributed by atoms with Crippen molar-refractivity contribution in [2.45, 2.75) is 19.8 Å². The van der Waals surface area contributed by atoms with Crippen molar-refractivity contribution in [2.24, 2.45) is 0 Å². The largest absolute Gasteiger partial charge is 0.370 e. The first-order chi connectivity index (χ1) is 9.38. The molecular weight excluding hydrogens is 236 g/mol. The lowest BCUT2D eigenvalue weighted by molar-refractivity contribution is 0.947. The van der Waals surface area contributed by atoms with Gasteiger partial charge in [-0.05, 0) is 30.7 Å². The van der Waals surface area contributed by atoms with E-state index in [4.69, 9.17) is 0 Å². The zero-order chi connectivity index (χ0) is 13.3. The number of nitrogens with zero attached hydrogens (tertiary/aromatic N) is 2. The summed E-state index contributed by atoms with van der Waals surface area (Å²) in [5.41, 5.74) is 1.09. The van der Waals surface area contributed by atoms with Gasteiger partial charge in [-0.15, -0.1) is 0 Å². The van der Waals surface area contributed by atoms with Crippen molar-refractivity contribution in [3.05, 3.63) is 48.3 Å². The van der Waals surface area contributed by atoms with E-state index in [0.717, 1.165) is 43.3 Å². The molecule has 0 bridgehead atoms. The second-order valence-corrected chi connectivity index (χ2v) is 4.33. The maximum absolute atomic E-state index is 4.50. The highest BCUT2D eigenvalue weighted by molar-refractivity contribution is 5.45. The molecule has 100 valence electrons. The van der Waals surface area contributed by atoms with Gasteiger partial charge in [-0.25, -0.2) is 4.98 Å². The predicted molar refractivity (Wildman–Crippen MR) is 79.4 cm³/mol. The quantitative estimate of drug-likeness (QED) is 0.799. The van der Waals surface area contributed by atoms with Crippen LogP contribution in [0.25, 0.3) is 0 Å². The summed E-state index contributed by atoms with van der Waals surface area (Å²) in [6, 6.07) is 12.0. The van der Waals surface area contributed by atoms with Crippen molar-refractivity contribution in [1.82, 2.24) is 9.97 Å². The fourth-order valence-electron chi connectivity index (χ4n) is 1.75. The Morgan fingerprint density at radius 3 is 2.42 bits per heavy atom. The molecule has 4 heteroatoms. The van der Waals surface area contributed by atoms with Crippen molar-refractivity contribution in [2.75, 3.05) is 23.7 Å². The van der Waals surface area contributed by atoms with Crippen LogP contribution in [0.4, 0.5) is 11.6 Å². The van der Waals surface area contributed by atoms with E-state index in [1.807, 2.05) is 42.6 Å². The maximum Gasteiger partial charge on any atom is 0.128 e. The van der Waals surface area contributed by atoms with Crippen LogP contribution in [0, 0.1) is 0 Å². The first kappa shape index (κ1) is 13.3. The molecule has 0 spiro atoms. The van der Waals surface area contributed by atoms with E-state index in [-0.39, 0.29) is 0 Å².